The fourth-order valence-corrected chi connectivity index (χ4v) is 2.59. The Balaban J connectivity index is 1.79. The molecule has 0 spiro atoms. The number of nitrogens with one attached hydrogen (secondary N) is 1. The molecule has 19 heavy (non-hydrogen) atoms. The van der Waals surface area contributed by atoms with E-state index in [0.29, 0.717) is 6.54 Å². The molecule has 0 amide bonds. The van der Waals surface area contributed by atoms with E-state index in [1.54, 1.807) is 0 Å². The summed E-state index contributed by atoms with van der Waals surface area (Å²) in [6, 6.07) is 10.3. The summed E-state index contributed by atoms with van der Waals surface area (Å²) in [6.45, 7) is 6.76. The lowest BCUT2D eigenvalue weighted by Crippen LogP contribution is -2.38. The third-order valence-corrected chi connectivity index (χ3v) is 3.46. The first-order valence-electron chi connectivity index (χ1n) is 6.50. The highest BCUT2D eigenvalue weighted by Gasteiger charge is 2.40. The minimum atomic E-state index is -0.261. The van der Waals surface area contributed by atoms with Gasteiger partial charge in [-0.05, 0) is 26.8 Å². The topological polar surface area (TPSA) is 47.3 Å². The molecule has 4 heteroatoms. The SMILES string of the molecule is Cc1cc(CNC2c3ccccc3OC2(C)C)no1. The average Bonchev–Trinajstić information content (AvgIpc) is 2.87. The van der Waals surface area contributed by atoms with Crippen molar-refractivity contribution >= 4 is 0 Å². The van der Waals surface area contributed by atoms with Gasteiger partial charge in [-0.25, -0.2) is 0 Å². The van der Waals surface area contributed by atoms with E-state index in [4.69, 9.17) is 9.26 Å². The predicted molar refractivity (Wildman–Crippen MR) is 72.0 cm³/mol. The number of aromatic nitrogens is 1. The molecule has 100 valence electrons. The largest absolute Gasteiger partial charge is 0.486 e. The van der Waals surface area contributed by atoms with Crippen molar-refractivity contribution in [2.75, 3.05) is 0 Å². The number of aryl methyl sites for hydroxylation is 1. The van der Waals surface area contributed by atoms with E-state index in [9.17, 15) is 0 Å². The van der Waals surface area contributed by atoms with Crippen LogP contribution in [0.5, 0.6) is 5.75 Å². The molecule has 0 radical (unpaired) electrons. The molecule has 4 nitrogen and oxygen atoms in total. The van der Waals surface area contributed by atoms with Crippen LogP contribution in [0.15, 0.2) is 34.9 Å². The number of fused-ring (bicyclic) bond motifs is 1. The molecule has 2 heterocycles. The van der Waals surface area contributed by atoms with E-state index in [2.05, 4.69) is 30.4 Å². The van der Waals surface area contributed by atoms with Gasteiger partial charge < -0.3 is 14.6 Å². The Kier molecular flexibility index (Phi) is 2.82. The molecule has 1 N–H and O–H groups in total. The molecule has 0 bridgehead atoms. The molecule has 0 saturated heterocycles. The maximum Gasteiger partial charge on any atom is 0.133 e. The number of benzene rings is 1. The van der Waals surface area contributed by atoms with E-state index in [0.717, 1.165) is 17.2 Å². The zero-order valence-electron chi connectivity index (χ0n) is 11.4. The maximum absolute atomic E-state index is 5.99. The van der Waals surface area contributed by atoms with Gasteiger partial charge in [-0.15, -0.1) is 0 Å². The summed E-state index contributed by atoms with van der Waals surface area (Å²) in [5.41, 5.74) is 1.85. The van der Waals surface area contributed by atoms with Gasteiger partial charge in [0.15, 0.2) is 0 Å². The number of para-hydroxylation sites is 1. The molecule has 2 aromatic rings. The third kappa shape index (κ3) is 2.24. The molecule has 3 rings (SSSR count). The van der Waals surface area contributed by atoms with Crippen LogP contribution in [0.2, 0.25) is 0 Å². The number of hydrogen-bond acceptors (Lipinski definition) is 4. The first-order valence-corrected chi connectivity index (χ1v) is 6.50. The van der Waals surface area contributed by atoms with E-state index < -0.39 is 0 Å². The summed E-state index contributed by atoms with van der Waals surface area (Å²) >= 11 is 0. The summed E-state index contributed by atoms with van der Waals surface area (Å²) in [5.74, 6) is 1.79. The normalized spacial score (nSPS) is 20.1. The Hall–Kier alpha value is -1.81. The molecule has 0 fully saturated rings. The molecule has 1 aromatic carbocycles. The Bertz CT molecular complexity index is 589. The van der Waals surface area contributed by atoms with Crippen LogP contribution < -0.4 is 10.1 Å². The second kappa shape index (κ2) is 4.38. The van der Waals surface area contributed by atoms with Crippen molar-refractivity contribution in [2.24, 2.45) is 0 Å². The average molecular weight is 258 g/mol. The molecule has 1 aliphatic rings. The van der Waals surface area contributed by atoms with Crippen molar-refractivity contribution in [3.05, 3.63) is 47.3 Å². The van der Waals surface area contributed by atoms with Crippen molar-refractivity contribution in [1.82, 2.24) is 10.5 Å². The number of ether oxygens (including phenoxy) is 1. The van der Waals surface area contributed by atoms with Crippen LogP contribution in [0.4, 0.5) is 0 Å². The Morgan fingerprint density at radius 2 is 2.11 bits per heavy atom. The molecule has 1 aromatic heterocycles. The highest BCUT2D eigenvalue weighted by atomic mass is 16.5. The zero-order chi connectivity index (χ0) is 13.5. The van der Waals surface area contributed by atoms with Gasteiger partial charge in [-0.1, -0.05) is 23.4 Å². The Labute approximate surface area is 112 Å². The van der Waals surface area contributed by atoms with Gasteiger partial charge in [-0.3, -0.25) is 0 Å². The molecule has 0 saturated carbocycles. The Morgan fingerprint density at radius 3 is 2.84 bits per heavy atom. The summed E-state index contributed by atoms with van der Waals surface area (Å²) in [6.07, 6.45) is 0. The summed E-state index contributed by atoms with van der Waals surface area (Å²) in [5, 5.41) is 7.51. The van der Waals surface area contributed by atoms with Crippen molar-refractivity contribution in [3.8, 4) is 5.75 Å². The van der Waals surface area contributed by atoms with Gasteiger partial charge in [0.2, 0.25) is 0 Å². The van der Waals surface area contributed by atoms with Crippen LogP contribution in [-0.2, 0) is 6.54 Å². The first kappa shape index (κ1) is 12.2. The summed E-state index contributed by atoms with van der Waals surface area (Å²) in [4.78, 5) is 0. The van der Waals surface area contributed by atoms with Crippen LogP contribution in [0.25, 0.3) is 0 Å². The molecule has 1 atom stereocenters. The van der Waals surface area contributed by atoms with Crippen molar-refractivity contribution in [3.63, 3.8) is 0 Å². The fourth-order valence-electron chi connectivity index (χ4n) is 2.59. The fraction of sp³-hybridized carbons (Fsp3) is 0.400. The lowest BCUT2D eigenvalue weighted by molar-refractivity contribution is 0.0955. The number of rotatable bonds is 3. The quantitative estimate of drug-likeness (QED) is 0.919. The highest BCUT2D eigenvalue weighted by molar-refractivity contribution is 5.42. The molecule has 0 aliphatic carbocycles. The first-order chi connectivity index (χ1) is 9.06. The molecule has 1 unspecified atom stereocenters. The minimum Gasteiger partial charge on any atom is -0.486 e. The van der Waals surface area contributed by atoms with E-state index in [-0.39, 0.29) is 11.6 Å². The summed E-state index contributed by atoms with van der Waals surface area (Å²) < 4.78 is 11.1. The van der Waals surface area contributed by atoms with E-state index >= 15 is 0 Å². The second-order valence-electron chi connectivity index (χ2n) is 5.49. The standard InChI is InChI=1S/C15H18N2O2/c1-10-8-11(17-19-10)9-16-14-12-6-4-5-7-13(12)18-15(14,2)3/h4-8,14,16H,9H2,1-3H3. The van der Waals surface area contributed by atoms with Crippen LogP contribution in [0.1, 0.15) is 36.9 Å². The van der Waals surface area contributed by atoms with Crippen LogP contribution in [0.3, 0.4) is 0 Å². The smallest absolute Gasteiger partial charge is 0.133 e. The van der Waals surface area contributed by atoms with Gasteiger partial charge in [0.1, 0.15) is 17.1 Å². The second-order valence-corrected chi connectivity index (χ2v) is 5.49. The molecule has 1 aliphatic heterocycles. The third-order valence-electron chi connectivity index (χ3n) is 3.46. The monoisotopic (exact) mass is 258 g/mol. The zero-order valence-corrected chi connectivity index (χ0v) is 11.4. The number of nitrogens with zero attached hydrogens (tertiary/aromatic N) is 1. The van der Waals surface area contributed by atoms with Gasteiger partial charge in [0, 0.05) is 18.2 Å². The van der Waals surface area contributed by atoms with E-state index in [1.165, 1.54) is 5.56 Å². The van der Waals surface area contributed by atoms with Crippen LogP contribution in [-0.4, -0.2) is 10.8 Å². The minimum absolute atomic E-state index is 0.153. The lowest BCUT2D eigenvalue weighted by atomic mass is 9.94. The van der Waals surface area contributed by atoms with Crippen molar-refractivity contribution < 1.29 is 9.26 Å². The van der Waals surface area contributed by atoms with Gasteiger partial charge >= 0.3 is 0 Å². The van der Waals surface area contributed by atoms with E-state index in [1.807, 2.05) is 31.2 Å². The van der Waals surface area contributed by atoms with Crippen molar-refractivity contribution in [1.29, 1.82) is 0 Å². The Morgan fingerprint density at radius 1 is 1.32 bits per heavy atom. The van der Waals surface area contributed by atoms with Crippen LogP contribution in [0, 0.1) is 6.92 Å². The highest BCUT2D eigenvalue weighted by Crippen LogP contribution is 2.42. The summed E-state index contributed by atoms with van der Waals surface area (Å²) in [7, 11) is 0. The van der Waals surface area contributed by atoms with Gasteiger partial charge in [0.25, 0.3) is 0 Å². The molecular weight excluding hydrogens is 240 g/mol. The van der Waals surface area contributed by atoms with Gasteiger partial charge in [0.05, 0.1) is 11.7 Å². The van der Waals surface area contributed by atoms with Crippen LogP contribution >= 0.6 is 0 Å². The number of hydrogen-bond donors (Lipinski definition) is 1. The maximum atomic E-state index is 5.99. The van der Waals surface area contributed by atoms with Gasteiger partial charge in [-0.2, -0.15) is 0 Å². The van der Waals surface area contributed by atoms with Crippen molar-refractivity contribution in [2.45, 2.75) is 39.0 Å². The lowest BCUT2D eigenvalue weighted by Gasteiger charge is -2.27. The predicted octanol–water partition coefficient (Wildman–Crippen LogP) is 2.98. The molecular formula is C15H18N2O2.